The van der Waals surface area contributed by atoms with Gasteiger partial charge in [-0.25, -0.2) is 9.78 Å². The number of nitrogens with one attached hydrogen (secondary N) is 1. The second kappa shape index (κ2) is 12.2. The van der Waals surface area contributed by atoms with Crippen molar-refractivity contribution in [1.29, 1.82) is 0 Å². The maximum atomic E-state index is 12.4. The lowest BCUT2D eigenvalue weighted by Gasteiger charge is -2.16. The first-order valence-electron chi connectivity index (χ1n) is 8.61. The molecule has 1 heterocycles. The molecule has 0 spiro atoms. The minimum absolute atomic E-state index is 0.0281. The Balaban J connectivity index is 2.70. The van der Waals surface area contributed by atoms with Crippen molar-refractivity contribution < 1.29 is 18.7 Å². The Bertz CT molecular complexity index is 632. The van der Waals surface area contributed by atoms with Crippen LogP contribution in [0.5, 0.6) is 0 Å². The van der Waals surface area contributed by atoms with Crippen molar-refractivity contribution in [3.8, 4) is 0 Å². The third-order valence-electron chi connectivity index (χ3n) is 3.53. The molecular weight excluding hydrogens is 372 g/mol. The predicted octanol–water partition coefficient (Wildman–Crippen LogP) is 0.143. The minimum atomic E-state index is -0.836. The minimum Gasteiger partial charge on any atom is -0.464 e. The summed E-state index contributed by atoms with van der Waals surface area (Å²) in [5, 5.41) is 2.61. The Morgan fingerprint density at radius 2 is 2.15 bits per heavy atom. The van der Waals surface area contributed by atoms with Gasteiger partial charge in [0.05, 0.1) is 12.6 Å². The van der Waals surface area contributed by atoms with Crippen LogP contribution in [0, 0.1) is 0 Å². The molecule has 0 aliphatic heterocycles. The van der Waals surface area contributed by atoms with Crippen molar-refractivity contribution in [3.05, 3.63) is 17.8 Å². The number of thioether (sulfide) groups is 1. The number of aromatic nitrogens is 1. The maximum Gasteiger partial charge on any atom is 0.328 e. The van der Waals surface area contributed by atoms with Crippen LogP contribution in [0.25, 0.3) is 0 Å². The molecule has 7 N–H and O–H groups in total. The summed E-state index contributed by atoms with van der Waals surface area (Å²) < 4.78 is 10.3. The molecule has 0 bridgehead atoms. The van der Waals surface area contributed by atoms with E-state index < -0.39 is 17.9 Å². The van der Waals surface area contributed by atoms with Gasteiger partial charge < -0.3 is 31.7 Å². The molecule has 0 saturated heterocycles. The molecule has 2 atom stereocenters. The predicted molar refractivity (Wildman–Crippen MR) is 104 cm³/mol. The van der Waals surface area contributed by atoms with Crippen molar-refractivity contribution in [2.24, 2.45) is 22.2 Å². The van der Waals surface area contributed by atoms with Crippen molar-refractivity contribution in [2.75, 3.05) is 25.2 Å². The Kier molecular flexibility index (Phi) is 10.3. The van der Waals surface area contributed by atoms with Gasteiger partial charge in [-0.1, -0.05) is 0 Å². The van der Waals surface area contributed by atoms with Gasteiger partial charge in [0.15, 0.2) is 11.7 Å². The average molecular weight is 401 g/mol. The molecule has 0 aliphatic rings. The van der Waals surface area contributed by atoms with E-state index in [0.717, 1.165) is 5.75 Å². The Morgan fingerprint density at radius 1 is 1.41 bits per heavy atom. The van der Waals surface area contributed by atoms with E-state index >= 15 is 0 Å². The average Bonchev–Trinajstić information content (AvgIpc) is 3.12. The number of ether oxygens (including phenoxy) is 1. The van der Waals surface area contributed by atoms with Gasteiger partial charge in [-0.15, -0.1) is 0 Å². The summed E-state index contributed by atoms with van der Waals surface area (Å²) in [7, 11) is 0. The molecule has 0 radical (unpaired) electrons. The van der Waals surface area contributed by atoms with Crippen LogP contribution in [0.3, 0.4) is 0 Å². The lowest BCUT2D eigenvalue weighted by Crippen LogP contribution is -2.42. The molecular formula is C16H28N6O4S. The van der Waals surface area contributed by atoms with E-state index in [1.54, 1.807) is 18.7 Å². The van der Waals surface area contributed by atoms with E-state index in [2.05, 4.69) is 15.3 Å². The summed E-state index contributed by atoms with van der Waals surface area (Å²) >= 11 is 1.66. The van der Waals surface area contributed by atoms with Crippen molar-refractivity contribution >= 4 is 29.6 Å². The number of hydrogen-bond acceptors (Lipinski definition) is 8. The van der Waals surface area contributed by atoms with Crippen LogP contribution in [-0.2, 0) is 9.53 Å². The maximum absolute atomic E-state index is 12.4. The highest BCUT2D eigenvalue weighted by molar-refractivity contribution is 7.98. The van der Waals surface area contributed by atoms with Crippen LogP contribution in [0.15, 0.2) is 15.7 Å². The van der Waals surface area contributed by atoms with E-state index in [9.17, 15) is 9.59 Å². The van der Waals surface area contributed by atoms with Gasteiger partial charge >= 0.3 is 5.97 Å². The number of aliphatic imine (C=N–C) groups is 1. The zero-order chi connectivity index (χ0) is 20.2. The highest BCUT2D eigenvalue weighted by Gasteiger charge is 2.24. The molecule has 0 fully saturated rings. The van der Waals surface area contributed by atoms with Crippen LogP contribution in [0.4, 0.5) is 0 Å². The van der Waals surface area contributed by atoms with Crippen LogP contribution in [0.2, 0.25) is 0 Å². The van der Waals surface area contributed by atoms with Gasteiger partial charge in [0, 0.05) is 6.54 Å². The van der Waals surface area contributed by atoms with Gasteiger partial charge in [0.1, 0.15) is 12.3 Å². The number of carbonyl (C=O) groups is 2. The fourth-order valence-electron chi connectivity index (χ4n) is 2.16. The number of nitrogens with two attached hydrogens (primary N) is 3. The number of guanidine groups is 1. The lowest BCUT2D eigenvalue weighted by atomic mass is 10.1. The Labute approximate surface area is 162 Å². The van der Waals surface area contributed by atoms with Gasteiger partial charge in [-0.05, 0) is 38.2 Å². The monoisotopic (exact) mass is 400 g/mol. The molecule has 11 heteroatoms. The lowest BCUT2D eigenvalue weighted by molar-refractivity contribution is -0.145. The largest absolute Gasteiger partial charge is 0.464 e. The fraction of sp³-hybridized carbons (Fsp3) is 0.625. The van der Waals surface area contributed by atoms with E-state index in [4.69, 9.17) is 26.4 Å². The molecule has 10 nitrogen and oxygen atoms in total. The van der Waals surface area contributed by atoms with Crippen LogP contribution >= 0.6 is 11.8 Å². The fourth-order valence-corrected chi connectivity index (χ4v) is 2.65. The molecule has 1 rings (SSSR count). The van der Waals surface area contributed by atoms with E-state index in [1.165, 1.54) is 6.26 Å². The van der Waals surface area contributed by atoms with E-state index in [-0.39, 0.29) is 30.2 Å². The summed E-state index contributed by atoms with van der Waals surface area (Å²) in [5.74, 6) is 0.0402. The summed E-state index contributed by atoms with van der Waals surface area (Å²) in [6, 6.07) is -1.23. The van der Waals surface area contributed by atoms with Gasteiger partial charge in [-0.3, -0.25) is 9.79 Å². The number of rotatable bonds is 12. The summed E-state index contributed by atoms with van der Waals surface area (Å²) in [6.07, 6.45) is 4.69. The van der Waals surface area contributed by atoms with Crippen LogP contribution in [0.1, 0.15) is 48.6 Å². The van der Waals surface area contributed by atoms with Gasteiger partial charge in [-0.2, -0.15) is 11.8 Å². The number of hydrogen-bond donors (Lipinski definition) is 4. The normalized spacial score (nSPS) is 12.9. The molecule has 1 aromatic rings. The third kappa shape index (κ3) is 8.31. The van der Waals surface area contributed by atoms with Gasteiger partial charge in [0.25, 0.3) is 5.91 Å². The molecule has 1 aromatic heterocycles. The Morgan fingerprint density at radius 3 is 2.78 bits per heavy atom. The quantitative estimate of drug-likeness (QED) is 0.165. The van der Waals surface area contributed by atoms with Crippen LogP contribution in [-0.4, -0.2) is 54.0 Å². The topological polar surface area (TPSA) is 172 Å². The first kappa shape index (κ1) is 22.8. The summed E-state index contributed by atoms with van der Waals surface area (Å²) in [6.45, 7) is 2.24. The number of oxazole rings is 1. The SMILES string of the molecule is CCOC(=O)C(CCCN=C(N)N)NC(=O)c1coc(C(N)CCSC)n1. The van der Waals surface area contributed by atoms with Crippen molar-refractivity contribution in [1.82, 2.24) is 10.3 Å². The highest BCUT2D eigenvalue weighted by Crippen LogP contribution is 2.16. The van der Waals surface area contributed by atoms with Gasteiger partial charge in [0.2, 0.25) is 5.89 Å². The smallest absolute Gasteiger partial charge is 0.328 e. The molecule has 152 valence electrons. The molecule has 1 amide bonds. The first-order valence-corrected chi connectivity index (χ1v) is 10.0. The number of carbonyl (C=O) groups excluding carboxylic acids is 2. The van der Waals surface area contributed by atoms with Crippen LogP contribution < -0.4 is 22.5 Å². The molecule has 27 heavy (non-hydrogen) atoms. The molecule has 2 unspecified atom stereocenters. The highest BCUT2D eigenvalue weighted by atomic mass is 32.2. The second-order valence-electron chi connectivity index (χ2n) is 5.69. The second-order valence-corrected chi connectivity index (χ2v) is 6.67. The number of nitrogens with zero attached hydrogens (tertiary/aromatic N) is 2. The number of amides is 1. The summed E-state index contributed by atoms with van der Waals surface area (Å²) in [4.78, 5) is 32.5. The van der Waals surface area contributed by atoms with E-state index in [1.807, 2.05) is 6.26 Å². The number of esters is 1. The summed E-state index contributed by atoms with van der Waals surface area (Å²) in [5.41, 5.74) is 16.6. The Hall–Kier alpha value is -2.27. The zero-order valence-corrected chi connectivity index (χ0v) is 16.5. The standard InChI is InChI=1S/C16H28N6O4S/c1-3-25-15(24)11(5-4-7-20-16(18)19)21-13(23)12-9-26-14(22-12)10(17)6-8-27-2/h9-11H,3-8,17H2,1-2H3,(H,21,23)(H4,18,19,20). The molecule has 0 saturated carbocycles. The first-order chi connectivity index (χ1) is 12.9. The van der Waals surface area contributed by atoms with E-state index in [0.29, 0.717) is 25.8 Å². The molecule has 0 aromatic carbocycles. The molecule has 0 aliphatic carbocycles. The van der Waals surface area contributed by atoms with Crippen molar-refractivity contribution in [2.45, 2.75) is 38.3 Å². The zero-order valence-electron chi connectivity index (χ0n) is 15.6. The van der Waals surface area contributed by atoms with Crippen molar-refractivity contribution in [3.63, 3.8) is 0 Å². The third-order valence-corrected chi connectivity index (χ3v) is 4.17.